The van der Waals surface area contributed by atoms with Gasteiger partial charge in [0.2, 0.25) is 0 Å². The molecule has 43 heavy (non-hydrogen) atoms. The molecule has 10 rings (SSSR count). The quantitative estimate of drug-likeness (QED) is 0.185. The third-order valence-corrected chi connectivity index (χ3v) is 10.4. The van der Waals surface area contributed by atoms with Gasteiger partial charge in [0.15, 0.2) is 0 Å². The topological polar surface area (TPSA) is 9.23 Å². The third kappa shape index (κ3) is 2.97. The van der Waals surface area contributed by atoms with Crippen LogP contribution in [0.2, 0.25) is 0 Å². The SMILES string of the molecule is Cc1ccc([C@@H]2c3cc(C)ccc3-c3c2c2ccccc2c2c4c(c5ccccc5c32)[C@@H]2CCOc3cccc-4c32)cc1. The molecule has 0 fully saturated rings. The van der Waals surface area contributed by atoms with Gasteiger partial charge in [-0.05, 0) is 103 Å². The molecule has 204 valence electrons. The van der Waals surface area contributed by atoms with Crippen molar-refractivity contribution in [3.63, 3.8) is 0 Å². The van der Waals surface area contributed by atoms with Crippen molar-refractivity contribution in [1.29, 1.82) is 0 Å². The summed E-state index contributed by atoms with van der Waals surface area (Å²) in [5, 5.41) is 8.30. The molecule has 0 unspecified atom stereocenters. The van der Waals surface area contributed by atoms with E-state index >= 15 is 0 Å². The van der Waals surface area contributed by atoms with Gasteiger partial charge < -0.3 is 4.74 Å². The number of rotatable bonds is 1. The molecule has 1 nitrogen and oxygen atoms in total. The molecule has 2 aliphatic carbocycles. The average molecular weight is 551 g/mol. The van der Waals surface area contributed by atoms with Crippen LogP contribution in [0.1, 0.15) is 57.2 Å². The maximum atomic E-state index is 6.26. The minimum Gasteiger partial charge on any atom is -0.493 e. The number of benzene rings is 7. The van der Waals surface area contributed by atoms with Crippen LogP contribution in [-0.4, -0.2) is 6.61 Å². The highest BCUT2D eigenvalue weighted by Crippen LogP contribution is 2.61. The molecule has 0 spiro atoms. The Morgan fingerprint density at radius 3 is 1.95 bits per heavy atom. The van der Waals surface area contributed by atoms with E-state index in [0.29, 0.717) is 5.92 Å². The molecule has 0 bridgehead atoms. The van der Waals surface area contributed by atoms with Crippen LogP contribution in [0.3, 0.4) is 0 Å². The molecule has 3 aliphatic rings. The Hall–Kier alpha value is -4.88. The van der Waals surface area contributed by atoms with Crippen LogP contribution in [0.4, 0.5) is 0 Å². The van der Waals surface area contributed by atoms with Gasteiger partial charge in [0.05, 0.1) is 6.61 Å². The van der Waals surface area contributed by atoms with Crippen LogP contribution >= 0.6 is 0 Å². The number of fused-ring (bicyclic) bond motifs is 15. The van der Waals surface area contributed by atoms with E-state index in [9.17, 15) is 0 Å². The fourth-order valence-electron chi connectivity index (χ4n) is 8.80. The fraction of sp³-hybridized carbons (Fsp3) is 0.143. The first-order valence-electron chi connectivity index (χ1n) is 15.6. The summed E-state index contributed by atoms with van der Waals surface area (Å²) in [5.74, 6) is 1.62. The molecule has 0 N–H and O–H groups in total. The molecule has 7 aromatic carbocycles. The van der Waals surface area contributed by atoms with Crippen LogP contribution in [0, 0.1) is 13.8 Å². The van der Waals surface area contributed by atoms with E-state index in [-0.39, 0.29) is 5.92 Å². The van der Waals surface area contributed by atoms with Crippen LogP contribution in [0.15, 0.2) is 109 Å². The molecule has 0 amide bonds. The second kappa shape index (κ2) is 8.36. The van der Waals surface area contributed by atoms with Crippen molar-refractivity contribution < 1.29 is 4.74 Å². The third-order valence-electron chi connectivity index (χ3n) is 10.4. The number of ether oxygens (including phenoxy) is 1. The molecule has 1 heteroatoms. The van der Waals surface area contributed by atoms with E-state index in [0.717, 1.165) is 18.8 Å². The number of hydrogen-bond acceptors (Lipinski definition) is 1. The van der Waals surface area contributed by atoms with Crippen molar-refractivity contribution >= 4 is 32.3 Å². The summed E-state index contributed by atoms with van der Waals surface area (Å²) in [7, 11) is 0. The predicted molar refractivity (Wildman–Crippen MR) is 179 cm³/mol. The highest BCUT2D eigenvalue weighted by Gasteiger charge is 2.40. The Morgan fingerprint density at radius 1 is 0.558 bits per heavy atom. The number of aryl methyl sites for hydroxylation is 2. The van der Waals surface area contributed by atoms with Crippen LogP contribution in [0.25, 0.3) is 54.6 Å². The van der Waals surface area contributed by atoms with Gasteiger partial charge in [-0.3, -0.25) is 0 Å². The molecule has 0 aromatic heterocycles. The van der Waals surface area contributed by atoms with Gasteiger partial charge in [0.1, 0.15) is 5.75 Å². The number of hydrogen-bond donors (Lipinski definition) is 0. The molecular weight excluding hydrogens is 520 g/mol. The van der Waals surface area contributed by atoms with Crippen molar-refractivity contribution in [3.8, 4) is 28.0 Å². The lowest BCUT2D eigenvalue weighted by Crippen LogP contribution is -2.12. The highest BCUT2D eigenvalue weighted by molar-refractivity contribution is 6.31. The van der Waals surface area contributed by atoms with E-state index in [1.165, 1.54) is 93.5 Å². The standard InChI is InChI=1S/C42H30O/c1-23-14-17-25(18-15-23)35-33-22-24(2)16-19-30(33)41-38(35)28-10-5-6-11-29(28)40-39(41)27-9-4-3-8-26(27)37-32-20-21-43-34-13-7-12-31(36(32)34)42(37)40/h3-19,22,32,35H,20-21H2,1-2H3/t32-,35-/m1/s1. The van der Waals surface area contributed by atoms with E-state index in [1.54, 1.807) is 0 Å². The fourth-order valence-corrected chi connectivity index (χ4v) is 8.80. The molecule has 7 aromatic rings. The first-order valence-corrected chi connectivity index (χ1v) is 15.6. The second-order valence-corrected chi connectivity index (χ2v) is 12.8. The Bertz CT molecular complexity index is 2340. The summed E-state index contributed by atoms with van der Waals surface area (Å²) >= 11 is 0. The summed E-state index contributed by atoms with van der Waals surface area (Å²) < 4.78 is 6.26. The van der Waals surface area contributed by atoms with E-state index in [1.807, 2.05) is 0 Å². The summed E-state index contributed by atoms with van der Waals surface area (Å²) in [4.78, 5) is 0. The van der Waals surface area contributed by atoms with E-state index in [2.05, 4.69) is 123 Å². The van der Waals surface area contributed by atoms with Gasteiger partial charge in [-0.2, -0.15) is 0 Å². The normalized spacial score (nSPS) is 17.5. The van der Waals surface area contributed by atoms with E-state index < -0.39 is 0 Å². The minimum absolute atomic E-state index is 0.189. The Kier molecular flexibility index (Phi) is 4.60. The molecule has 0 saturated heterocycles. The van der Waals surface area contributed by atoms with Gasteiger partial charge in [-0.1, -0.05) is 114 Å². The zero-order valence-corrected chi connectivity index (χ0v) is 24.4. The lowest BCUT2D eigenvalue weighted by Gasteiger charge is -2.24. The van der Waals surface area contributed by atoms with Crippen LogP contribution < -0.4 is 4.74 Å². The lowest BCUT2D eigenvalue weighted by atomic mass is 9.80. The monoisotopic (exact) mass is 550 g/mol. The maximum Gasteiger partial charge on any atom is 0.123 e. The van der Waals surface area contributed by atoms with Crippen molar-refractivity contribution in [2.75, 3.05) is 6.61 Å². The largest absolute Gasteiger partial charge is 0.493 e. The van der Waals surface area contributed by atoms with Gasteiger partial charge >= 0.3 is 0 Å². The zero-order valence-electron chi connectivity index (χ0n) is 24.4. The first kappa shape index (κ1) is 23.7. The molecule has 2 atom stereocenters. The Balaban J connectivity index is 1.48. The Labute approximate surface area is 251 Å². The smallest absolute Gasteiger partial charge is 0.123 e. The van der Waals surface area contributed by atoms with E-state index in [4.69, 9.17) is 4.74 Å². The van der Waals surface area contributed by atoms with Crippen LogP contribution in [-0.2, 0) is 0 Å². The van der Waals surface area contributed by atoms with Gasteiger partial charge in [0, 0.05) is 17.4 Å². The molecular formula is C42H30O. The maximum absolute atomic E-state index is 6.26. The Morgan fingerprint density at radius 2 is 1.21 bits per heavy atom. The second-order valence-electron chi connectivity index (χ2n) is 12.8. The lowest BCUT2D eigenvalue weighted by molar-refractivity contribution is 0.279. The highest BCUT2D eigenvalue weighted by atomic mass is 16.5. The predicted octanol–water partition coefficient (Wildman–Crippen LogP) is 10.8. The molecule has 1 heterocycles. The summed E-state index contributed by atoms with van der Waals surface area (Å²) in [6.07, 6.45) is 1.02. The summed E-state index contributed by atoms with van der Waals surface area (Å²) in [6.45, 7) is 5.17. The zero-order chi connectivity index (χ0) is 28.4. The van der Waals surface area contributed by atoms with Crippen molar-refractivity contribution in [1.82, 2.24) is 0 Å². The van der Waals surface area contributed by atoms with Gasteiger partial charge in [-0.15, -0.1) is 0 Å². The summed E-state index contributed by atoms with van der Waals surface area (Å²) in [5.41, 5.74) is 15.3. The van der Waals surface area contributed by atoms with Gasteiger partial charge in [0.25, 0.3) is 0 Å². The van der Waals surface area contributed by atoms with Crippen molar-refractivity contribution in [2.45, 2.75) is 32.1 Å². The van der Waals surface area contributed by atoms with Gasteiger partial charge in [-0.25, -0.2) is 0 Å². The average Bonchev–Trinajstić information content (AvgIpc) is 3.56. The molecule has 0 radical (unpaired) electrons. The van der Waals surface area contributed by atoms with Crippen molar-refractivity contribution in [3.05, 3.63) is 148 Å². The molecule has 0 saturated carbocycles. The van der Waals surface area contributed by atoms with Crippen molar-refractivity contribution in [2.24, 2.45) is 0 Å². The molecule has 1 aliphatic heterocycles. The van der Waals surface area contributed by atoms with Crippen LogP contribution in [0.5, 0.6) is 5.75 Å². The minimum atomic E-state index is 0.189. The first-order chi connectivity index (χ1) is 21.2. The summed E-state index contributed by atoms with van der Waals surface area (Å²) in [6, 6.07) is 41.5.